The number of carbonyl (C=O) groups is 1. The standard InChI is InChI=1S/C23H19N3O2S/c1-15-12-13-20(24-14-15)26-22(28)18-10-6-7-11-19(18)25-23(26)29-16(2)21(27)17-8-4-3-5-9-17/h3-14,16H,1-2H3. The number of thioether (sulfide) groups is 1. The van der Waals surface area contributed by atoms with Gasteiger partial charge in [-0.25, -0.2) is 14.5 Å². The maximum Gasteiger partial charge on any atom is 0.267 e. The van der Waals surface area contributed by atoms with Gasteiger partial charge >= 0.3 is 0 Å². The number of hydrogen-bond acceptors (Lipinski definition) is 5. The molecular formula is C23H19N3O2S. The van der Waals surface area contributed by atoms with Crippen LogP contribution in [0.1, 0.15) is 22.8 Å². The maximum atomic E-state index is 13.2. The van der Waals surface area contributed by atoms with Gasteiger partial charge in [0.1, 0.15) is 5.82 Å². The highest BCUT2D eigenvalue weighted by Crippen LogP contribution is 2.26. The summed E-state index contributed by atoms with van der Waals surface area (Å²) in [5.74, 6) is 0.474. The third-order valence-corrected chi connectivity index (χ3v) is 5.63. The second kappa shape index (κ2) is 8.01. The molecule has 4 rings (SSSR count). The van der Waals surface area contributed by atoms with Crippen molar-refractivity contribution in [3.05, 3.63) is 94.4 Å². The number of carbonyl (C=O) groups excluding carboxylic acids is 1. The second-order valence-corrected chi connectivity index (χ2v) is 8.04. The maximum absolute atomic E-state index is 13.2. The number of hydrogen-bond donors (Lipinski definition) is 0. The predicted molar refractivity (Wildman–Crippen MR) is 116 cm³/mol. The zero-order valence-electron chi connectivity index (χ0n) is 16.1. The molecule has 0 aliphatic rings. The Kier molecular flexibility index (Phi) is 5.27. The molecule has 0 fully saturated rings. The number of Topliss-reactive ketones (excluding diaryl/α,β-unsaturated/α-hetero) is 1. The average molecular weight is 401 g/mol. The molecular weight excluding hydrogens is 382 g/mol. The molecule has 0 saturated carbocycles. The molecule has 2 aromatic carbocycles. The van der Waals surface area contributed by atoms with Crippen LogP contribution in [-0.4, -0.2) is 25.6 Å². The number of benzene rings is 2. The minimum absolute atomic E-state index is 0.0126. The molecule has 5 nitrogen and oxygen atoms in total. The first-order valence-electron chi connectivity index (χ1n) is 9.25. The minimum Gasteiger partial charge on any atom is -0.293 e. The number of fused-ring (bicyclic) bond motifs is 1. The highest BCUT2D eigenvalue weighted by molar-refractivity contribution is 8.00. The topological polar surface area (TPSA) is 64.8 Å². The van der Waals surface area contributed by atoms with Crippen LogP contribution in [0.5, 0.6) is 0 Å². The average Bonchev–Trinajstić information content (AvgIpc) is 2.75. The summed E-state index contributed by atoms with van der Waals surface area (Å²) < 4.78 is 1.49. The Hall–Kier alpha value is -3.25. The molecule has 0 saturated heterocycles. The molecule has 1 atom stereocenters. The van der Waals surface area contributed by atoms with E-state index in [1.165, 1.54) is 16.3 Å². The monoisotopic (exact) mass is 401 g/mol. The van der Waals surface area contributed by atoms with E-state index in [1.807, 2.05) is 50.2 Å². The van der Waals surface area contributed by atoms with E-state index in [0.29, 0.717) is 27.4 Å². The van der Waals surface area contributed by atoms with Crippen molar-refractivity contribution in [2.75, 3.05) is 0 Å². The van der Waals surface area contributed by atoms with Crippen molar-refractivity contribution in [3.8, 4) is 5.82 Å². The molecule has 0 amide bonds. The first-order valence-corrected chi connectivity index (χ1v) is 10.1. The molecule has 1 unspecified atom stereocenters. The SMILES string of the molecule is Cc1ccc(-n2c(SC(C)C(=O)c3ccccc3)nc3ccccc3c2=O)nc1. The fourth-order valence-electron chi connectivity index (χ4n) is 3.03. The number of aryl methyl sites for hydroxylation is 1. The summed E-state index contributed by atoms with van der Waals surface area (Å²) in [6, 6.07) is 20.0. The molecule has 29 heavy (non-hydrogen) atoms. The number of ketones is 1. The van der Waals surface area contributed by atoms with Crippen LogP contribution in [0, 0.1) is 6.92 Å². The van der Waals surface area contributed by atoms with Crippen molar-refractivity contribution in [1.29, 1.82) is 0 Å². The summed E-state index contributed by atoms with van der Waals surface area (Å²) in [7, 11) is 0. The van der Waals surface area contributed by atoms with Crippen molar-refractivity contribution < 1.29 is 4.79 Å². The van der Waals surface area contributed by atoms with Gasteiger partial charge in [-0.2, -0.15) is 0 Å². The highest BCUT2D eigenvalue weighted by Gasteiger charge is 2.21. The van der Waals surface area contributed by atoms with Crippen LogP contribution < -0.4 is 5.56 Å². The van der Waals surface area contributed by atoms with Crippen LogP contribution >= 0.6 is 11.8 Å². The molecule has 0 N–H and O–H groups in total. The lowest BCUT2D eigenvalue weighted by Crippen LogP contribution is -2.24. The first-order chi connectivity index (χ1) is 14.0. The summed E-state index contributed by atoms with van der Waals surface area (Å²) in [4.78, 5) is 35.2. The van der Waals surface area contributed by atoms with Gasteiger partial charge in [0.25, 0.3) is 5.56 Å². The van der Waals surface area contributed by atoms with Crippen LogP contribution in [0.15, 0.2) is 82.9 Å². The number of rotatable bonds is 5. The molecule has 0 spiro atoms. The zero-order chi connectivity index (χ0) is 20.4. The predicted octanol–water partition coefficient (Wildman–Crippen LogP) is 4.45. The Morgan fingerprint density at radius 1 is 1.00 bits per heavy atom. The normalized spacial score (nSPS) is 12.1. The minimum atomic E-state index is -0.415. The number of aromatic nitrogens is 3. The molecule has 0 aliphatic carbocycles. The summed E-state index contributed by atoms with van der Waals surface area (Å²) in [6.07, 6.45) is 1.71. The van der Waals surface area contributed by atoms with E-state index in [2.05, 4.69) is 9.97 Å². The quantitative estimate of drug-likeness (QED) is 0.281. The van der Waals surface area contributed by atoms with Crippen molar-refractivity contribution >= 4 is 28.4 Å². The largest absolute Gasteiger partial charge is 0.293 e. The molecule has 144 valence electrons. The Bertz CT molecular complexity index is 1230. The van der Waals surface area contributed by atoms with Crippen LogP contribution in [0.4, 0.5) is 0 Å². The van der Waals surface area contributed by atoms with E-state index in [1.54, 1.807) is 36.5 Å². The Morgan fingerprint density at radius 2 is 1.72 bits per heavy atom. The van der Waals surface area contributed by atoms with Crippen LogP contribution in [0.2, 0.25) is 0 Å². The van der Waals surface area contributed by atoms with Crippen LogP contribution in [-0.2, 0) is 0 Å². The summed E-state index contributed by atoms with van der Waals surface area (Å²) in [6.45, 7) is 3.77. The van der Waals surface area contributed by atoms with Gasteiger partial charge < -0.3 is 0 Å². The van der Waals surface area contributed by atoms with Gasteiger partial charge in [0.2, 0.25) is 0 Å². The zero-order valence-corrected chi connectivity index (χ0v) is 16.9. The molecule has 0 radical (unpaired) electrons. The van der Waals surface area contributed by atoms with E-state index >= 15 is 0 Å². The number of para-hydroxylation sites is 1. The first kappa shape index (κ1) is 19.1. The van der Waals surface area contributed by atoms with Gasteiger partial charge in [0.05, 0.1) is 16.2 Å². The van der Waals surface area contributed by atoms with Crippen molar-refractivity contribution in [3.63, 3.8) is 0 Å². The summed E-state index contributed by atoms with van der Waals surface area (Å²) in [5, 5.41) is 0.547. The van der Waals surface area contributed by atoms with Crippen molar-refractivity contribution in [2.24, 2.45) is 0 Å². The van der Waals surface area contributed by atoms with Crippen LogP contribution in [0.25, 0.3) is 16.7 Å². The lowest BCUT2D eigenvalue weighted by Gasteiger charge is -2.15. The van der Waals surface area contributed by atoms with Gasteiger partial charge in [-0.05, 0) is 37.6 Å². The van der Waals surface area contributed by atoms with E-state index in [9.17, 15) is 9.59 Å². The third kappa shape index (κ3) is 3.84. The van der Waals surface area contributed by atoms with Gasteiger partial charge in [-0.15, -0.1) is 0 Å². The third-order valence-electron chi connectivity index (χ3n) is 4.58. The summed E-state index contributed by atoms with van der Waals surface area (Å²) >= 11 is 1.26. The summed E-state index contributed by atoms with van der Waals surface area (Å²) in [5.41, 5.74) is 2.03. The molecule has 6 heteroatoms. The highest BCUT2D eigenvalue weighted by atomic mass is 32.2. The lowest BCUT2D eigenvalue weighted by atomic mass is 10.1. The second-order valence-electron chi connectivity index (χ2n) is 6.74. The van der Waals surface area contributed by atoms with Gasteiger partial charge in [-0.1, -0.05) is 60.3 Å². The lowest BCUT2D eigenvalue weighted by molar-refractivity contribution is 0.0994. The Morgan fingerprint density at radius 3 is 2.45 bits per heavy atom. The van der Waals surface area contributed by atoms with Crippen LogP contribution in [0.3, 0.4) is 0 Å². The van der Waals surface area contributed by atoms with Gasteiger partial charge in [-0.3, -0.25) is 9.59 Å². The van der Waals surface area contributed by atoms with E-state index < -0.39 is 5.25 Å². The molecule has 2 aromatic heterocycles. The Balaban J connectivity index is 1.82. The van der Waals surface area contributed by atoms with Gasteiger partial charge in [0, 0.05) is 11.8 Å². The number of pyridine rings is 1. The fraction of sp³-hybridized carbons (Fsp3) is 0.130. The van der Waals surface area contributed by atoms with Crippen molar-refractivity contribution in [2.45, 2.75) is 24.3 Å². The van der Waals surface area contributed by atoms with E-state index in [-0.39, 0.29) is 11.3 Å². The van der Waals surface area contributed by atoms with Gasteiger partial charge in [0.15, 0.2) is 10.9 Å². The molecule has 2 heterocycles. The number of nitrogens with zero attached hydrogens (tertiary/aromatic N) is 3. The van der Waals surface area contributed by atoms with E-state index in [0.717, 1.165) is 5.56 Å². The molecule has 0 bridgehead atoms. The molecule has 4 aromatic rings. The fourth-order valence-corrected chi connectivity index (χ4v) is 4.03. The molecule has 0 aliphatic heterocycles. The Labute approximate surface area is 172 Å². The smallest absolute Gasteiger partial charge is 0.267 e. The van der Waals surface area contributed by atoms with E-state index in [4.69, 9.17) is 0 Å². The van der Waals surface area contributed by atoms with Crippen molar-refractivity contribution in [1.82, 2.24) is 14.5 Å².